The molecule has 0 radical (unpaired) electrons. The van der Waals surface area contributed by atoms with E-state index in [1.807, 2.05) is 6.92 Å². The summed E-state index contributed by atoms with van der Waals surface area (Å²) < 4.78 is 10.3. The average Bonchev–Trinajstić information content (AvgIpc) is 2.83. The SMILES string of the molecule is Cc1ccc(NC(=O)[C@@H](OC(=O)c2ccccc2)[C@H](OC(=O)c2ccccc2)C(=O)O)cc1. The highest BCUT2D eigenvalue weighted by atomic mass is 16.6. The molecule has 3 aromatic rings. The van der Waals surface area contributed by atoms with Crippen LogP contribution in [0, 0.1) is 6.92 Å². The number of hydrogen-bond acceptors (Lipinski definition) is 6. The minimum atomic E-state index is -2.09. The molecule has 0 unspecified atom stereocenters. The monoisotopic (exact) mass is 447 g/mol. The maximum absolute atomic E-state index is 13.0. The smallest absolute Gasteiger partial charge is 0.349 e. The van der Waals surface area contributed by atoms with E-state index >= 15 is 0 Å². The van der Waals surface area contributed by atoms with Crippen molar-refractivity contribution in [2.24, 2.45) is 0 Å². The molecule has 2 N–H and O–H groups in total. The molecule has 8 nitrogen and oxygen atoms in total. The van der Waals surface area contributed by atoms with Crippen molar-refractivity contribution in [3.63, 3.8) is 0 Å². The molecule has 0 aromatic heterocycles. The van der Waals surface area contributed by atoms with Gasteiger partial charge in [-0.15, -0.1) is 0 Å². The lowest BCUT2D eigenvalue weighted by Crippen LogP contribution is -2.48. The number of esters is 2. The van der Waals surface area contributed by atoms with Crippen LogP contribution in [-0.2, 0) is 19.1 Å². The molecular weight excluding hydrogens is 426 g/mol. The molecule has 0 aliphatic carbocycles. The van der Waals surface area contributed by atoms with E-state index in [2.05, 4.69) is 5.32 Å². The Hall–Kier alpha value is -4.46. The lowest BCUT2D eigenvalue weighted by atomic mass is 10.1. The third kappa shape index (κ3) is 6.27. The van der Waals surface area contributed by atoms with E-state index in [-0.39, 0.29) is 11.1 Å². The number of nitrogens with one attached hydrogen (secondary N) is 1. The topological polar surface area (TPSA) is 119 Å². The van der Waals surface area contributed by atoms with E-state index in [0.29, 0.717) is 5.69 Å². The predicted molar refractivity (Wildman–Crippen MR) is 119 cm³/mol. The molecule has 0 spiro atoms. The fourth-order valence-electron chi connectivity index (χ4n) is 2.86. The number of benzene rings is 3. The first kappa shape index (κ1) is 23.2. The first-order valence-corrected chi connectivity index (χ1v) is 9.97. The molecule has 0 bridgehead atoms. The third-order valence-electron chi connectivity index (χ3n) is 4.58. The Balaban J connectivity index is 1.89. The average molecular weight is 447 g/mol. The summed E-state index contributed by atoms with van der Waals surface area (Å²) in [5.74, 6) is -4.53. The van der Waals surface area contributed by atoms with Crippen LogP contribution in [0.1, 0.15) is 26.3 Å². The number of amides is 1. The van der Waals surface area contributed by atoms with Crippen LogP contribution in [0.5, 0.6) is 0 Å². The molecule has 0 saturated heterocycles. The minimum Gasteiger partial charge on any atom is -0.478 e. The molecule has 168 valence electrons. The van der Waals surface area contributed by atoms with Crippen LogP contribution in [0.2, 0.25) is 0 Å². The summed E-state index contributed by atoms with van der Waals surface area (Å²) >= 11 is 0. The van der Waals surface area contributed by atoms with Gasteiger partial charge in [-0.05, 0) is 43.3 Å². The highest BCUT2D eigenvalue weighted by Gasteiger charge is 2.41. The van der Waals surface area contributed by atoms with Crippen LogP contribution in [-0.4, -0.2) is 41.1 Å². The second-order valence-corrected chi connectivity index (χ2v) is 7.08. The van der Waals surface area contributed by atoms with Crippen molar-refractivity contribution in [2.45, 2.75) is 19.1 Å². The van der Waals surface area contributed by atoms with Gasteiger partial charge in [-0.3, -0.25) is 4.79 Å². The molecule has 0 aliphatic heterocycles. The van der Waals surface area contributed by atoms with Gasteiger partial charge in [-0.2, -0.15) is 0 Å². The Morgan fingerprint density at radius 2 is 1.15 bits per heavy atom. The zero-order chi connectivity index (χ0) is 23.8. The number of carbonyl (C=O) groups is 4. The Labute approximate surface area is 189 Å². The number of ether oxygens (including phenoxy) is 2. The standard InChI is InChI=1S/C25H21NO7/c1-16-12-14-19(15-13-16)26-22(27)20(32-24(30)17-8-4-2-5-9-17)21(23(28)29)33-25(31)18-10-6-3-7-11-18/h2-15,20-21H,1H3,(H,26,27)(H,28,29)/t20-,21-/m0/s1. The maximum atomic E-state index is 13.0. The fourth-order valence-corrected chi connectivity index (χ4v) is 2.86. The molecule has 0 heterocycles. The van der Waals surface area contributed by atoms with Crippen molar-refractivity contribution in [2.75, 3.05) is 5.32 Å². The molecule has 0 saturated carbocycles. The number of anilines is 1. The molecule has 0 aliphatic rings. The first-order chi connectivity index (χ1) is 15.8. The fraction of sp³-hybridized carbons (Fsp3) is 0.120. The van der Waals surface area contributed by atoms with Crippen molar-refractivity contribution >= 4 is 29.5 Å². The Morgan fingerprint density at radius 1 is 0.697 bits per heavy atom. The molecule has 1 amide bonds. The minimum absolute atomic E-state index is 0.0795. The zero-order valence-electron chi connectivity index (χ0n) is 17.6. The van der Waals surface area contributed by atoms with Gasteiger partial charge in [0.2, 0.25) is 12.2 Å². The van der Waals surface area contributed by atoms with Crippen LogP contribution >= 0.6 is 0 Å². The van der Waals surface area contributed by atoms with Crippen molar-refractivity contribution in [1.29, 1.82) is 0 Å². The van der Waals surface area contributed by atoms with Gasteiger partial charge < -0.3 is 19.9 Å². The summed E-state index contributed by atoms with van der Waals surface area (Å²) in [4.78, 5) is 50.0. The summed E-state index contributed by atoms with van der Waals surface area (Å²) in [6.07, 6.45) is -4.04. The molecule has 0 fully saturated rings. The summed E-state index contributed by atoms with van der Waals surface area (Å²) in [6, 6.07) is 22.1. The Kier molecular flexibility index (Phi) is 7.54. The van der Waals surface area contributed by atoms with E-state index < -0.39 is 36.0 Å². The second kappa shape index (κ2) is 10.7. The summed E-state index contributed by atoms with van der Waals surface area (Å²) in [7, 11) is 0. The lowest BCUT2D eigenvalue weighted by Gasteiger charge is -2.23. The largest absolute Gasteiger partial charge is 0.478 e. The quantitative estimate of drug-likeness (QED) is 0.508. The van der Waals surface area contributed by atoms with Crippen molar-refractivity contribution in [1.82, 2.24) is 0 Å². The van der Waals surface area contributed by atoms with Gasteiger partial charge in [0.25, 0.3) is 5.91 Å². The predicted octanol–water partition coefficient (Wildman–Crippen LogP) is 3.47. The van der Waals surface area contributed by atoms with Crippen molar-refractivity contribution in [3.8, 4) is 0 Å². The van der Waals surface area contributed by atoms with E-state index in [1.165, 1.54) is 24.3 Å². The van der Waals surface area contributed by atoms with Gasteiger partial charge in [-0.25, -0.2) is 14.4 Å². The first-order valence-electron chi connectivity index (χ1n) is 9.97. The second-order valence-electron chi connectivity index (χ2n) is 7.08. The summed E-state index contributed by atoms with van der Waals surface area (Å²) in [5.41, 5.74) is 1.48. The third-order valence-corrected chi connectivity index (χ3v) is 4.58. The Bertz CT molecular complexity index is 1130. The molecular formula is C25H21NO7. The van der Waals surface area contributed by atoms with Crippen molar-refractivity contribution < 1.29 is 33.8 Å². The van der Waals surface area contributed by atoms with Crippen LogP contribution in [0.4, 0.5) is 5.69 Å². The van der Waals surface area contributed by atoms with E-state index in [1.54, 1.807) is 60.7 Å². The number of rotatable bonds is 8. The molecule has 33 heavy (non-hydrogen) atoms. The highest BCUT2D eigenvalue weighted by Crippen LogP contribution is 2.16. The summed E-state index contributed by atoms with van der Waals surface area (Å²) in [6.45, 7) is 1.86. The zero-order valence-corrected chi connectivity index (χ0v) is 17.6. The van der Waals surface area contributed by atoms with Gasteiger partial charge in [0.05, 0.1) is 11.1 Å². The molecule has 3 aromatic carbocycles. The van der Waals surface area contributed by atoms with Gasteiger partial charge >= 0.3 is 17.9 Å². The number of carboxylic acids is 1. The van der Waals surface area contributed by atoms with Crippen LogP contribution in [0.15, 0.2) is 84.9 Å². The van der Waals surface area contributed by atoms with Crippen LogP contribution < -0.4 is 5.32 Å². The number of carbonyl (C=O) groups excluding carboxylic acids is 3. The van der Waals surface area contributed by atoms with Crippen LogP contribution in [0.25, 0.3) is 0 Å². The molecule has 3 rings (SSSR count). The van der Waals surface area contributed by atoms with E-state index in [9.17, 15) is 24.3 Å². The normalized spacial score (nSPS) is 12.2. The number of aryl methyl sites for hydroxylation is 1. The van der Waals surface area contributed by atoms with Gasteiger partial charge in [0.1, 0.15) is 0 Å². The Morgan fingerprint density at radius 3 is 1.61 bits per heavy atom. The van der Waals surface area contributed by atoms with E-state index in [4.69, 9.17) is 9.47 Å². The summed E-state index contributed by atoms with van der Waals surface area (Å²) in [5, 5.41) is 12.2. The van der Waals surface area contributed by atoms with Gasteiger partial charge in [0, 0.05) is 5.69 Å². The molecule has 2 atom stereocenters. The highest BCUT2D eigenvalue weighted by molar-refractivity contribution is 6.01. The van der Waals surface area contributed by atoms with Crippen molar-refractivity contribution in [3.05, 3.63) is 102 Å². The lowest BCUT2D eigenvalue weighted by molar-refractivity contribution is -0.157. The number of hydrogen-bond donors (Lipinski definition) is 2. The molecule has 8 heteroatoms. The number of carboxylic acid groups (broad SMARTS) is 1. The van der Waals surface area contributed by atoms with Crippen LogP contribution in [0.3, 0.4) is 0 Å². The number of aliphatic carboxylic acids is 1. The van der Waals surface area contributed by atoms with E-state index in [0.717, 1.165) is 5.56 Å². The maximum Gasteiger partial charge on any atom is 0.349 e. The van der Waals surface area contributed by atoms with Gasteiger partial charge in [-0.1, -0.05) is 54.1 Å². The van der Waals surface area contributed by atoms with Gasteiger partial charge in [0.15, 0.2) is 0 Å².